The molecule has 1 aromatic rings. The lowest BCUT2D eigenvalue weighted by molar-refractivity contribution is -0.384. The number of anilines is 1. The van der Waals surface area contributed by atoms with Crippen molar-refractivity contribution in [3.8, 4) is 11.5 Å². The smallest absolute Gasteiger partial charge is 0.296 e. The van der Waals surface area contributed by atoms with Gasteiger partial charge in [-0.3, -0.25) is 10.1 Å². The fourth-order valence-electron chi connectivity index (χ4n) is 3.59. The molecule has 3 aliphatic rings. The molecule has 21 heavy (non-hydrogen) atoms. The number of rotatable bonds is 4. The summed E-state index contributed by atoms with van der Waals surface area (Å²) in [4.78, 5) is 10.8. The van der Waals surface area contributed by atoms with Gasteiger partial charge in [-0.1, -0.05) is 12.2 Å². The Hall–Kier alpha value is -2.24. The molecular weight excluding hydrogens is 272 g/mol. The maximum Gasteiger partial charge on any atom is 0.296 e. The van der Waals surface area contributed by atoms with Gasteiger partial charge in [0.05, 0.1) is 11.0 Å². The van der Waals surface area contributed by atoms with Crippen LogP contribution in [0.15, 0.2) is 24.3 Å². The molecule has 1 N–H and O–H groups in total. The molecule has 0 spiro atoms. The van der Waals surface area contributed by atoms with Gasteiger partial charge in [-0.05, 0) is 30.6 Å². The number of benzene rings is 1. The molecule has 1 saturated carbocycles. The topological polar surface area (TPSA) is 73.6 Å². The van der Waals surface area contributed by atoms with E-state index in [-0.39, 0.29) is 17.4 Å². The molecule has 2 bridgehead atoms. The number of nitro benzene ring substituents is 1. The molecule has 3 atom stereocenters. The predicted molar refractivity (Wildman–Crippen MR) is 76.6 cm³/mol. The van der Waals surface area contributed by atoms with Crippen LogP contribution in [0.5, 0.6) is 11.5 Å². The highest BCUT2D eigenvalue weighted by Gasteiger charge is 2.35. The molecule has 1 aliphatic heterocycles. The summed E-state index contributed by atoms with van der Waals surface area (Å²) in [5.41, 5.74) is 0.550. The Morgan fingerprint density at radius 2 is 2.05 bits per heavy atom. The Labute approximate surface area is 121 Å². The zero-order valence-electron chi connectivity index (χ0n) is 11.5. The summed E-state index contributed by atoms with van der Waals surface area (Å²) < 4.78 is 10.5. The van der Waals surface area contributed by atoms with E-state index in [4.69, 9.17) is 9.47 Å². The van der Waals surface area contributed by atoms with Crippen molar-refractivity contribution in [3.63, 3.8) is 0 Å². The van der Waals surface area contributed by atoms with Crippen molar-refractivity contribution in [1.29, 1.82) is 0 Å². The van der Waals surface area contributed by atoms with Gasteiger partial charge in [0.25, 0.3) is 5.69 Å². The summed E-state index contributed by atoms with van der Waals surface area (Å²) >= 11 is 0. The van der Waals surface area contributed by atoms with Crippen molar-refractivity contribution >= 4 is 11.4 Å². The van der Waals surface area contributed by atoms with Crippen molar-refractivity contribution in [2.24, 2.45) is 17.8 Å². The molecule has 6 heteroatoms. The summed E-state index contributed by atoms with van der Waals surface area (Å²) in [6, 6.07) is 3.11. The largest absolute Gasteiger partial charge is 0.454 e. The highest BCUT2D eigenvalue weighted by atomic mass is 16.7. The van der Waals surface area contributed by atoms with Crippen LogP contribution in [0.3, 0.4) is 0 Å². The lowest BCUT2D eigenvalue weighted by atomic mass is 9.93. The molecule has 3 unspecified atom stereocenters. The van der Waals surface area contributed by atoms with Crippen molar-refractivity contribution in [2.75, 3.05) is 18.7 Å². The maximum absolute atomic E-state index is 11.2. The summed E-state index contributed by atoms with van der Waals surface area (Å²) in [5.74, 6) is 2.89. The van der Waals surface area contributed by atoms with E-state index >= 15 is 0 Å². The molecule has 6 nitrogen and oxygen atoms in total. The van der Waals surface area contributed by atoms with E-state index in [0.29, 0.717) is 34.9 Å². The van der Waals surface area contributed by atoms with Crippen LogP contribution < -0.4 is 14.8 Å². The number of nitrogens with one attached hydrogen (secondary N) is 1. The highest BCUT2D eigenvalue weighted by molar-refractivity contribution is 5.69. The molecule has 110 valence electrons. The van der Waals surface area contributed by atoms with Crippen LogP contribution in [0.25, 0.3) is 0 Å². The third-order valence-electron chi connectivity index (χ3n) is 4.66. The molecule has 0 aromatic heterocycles. The van der Waals surface area contributed by atoms with Gasteiger partial charge < -0.3 is 14.8 Å². The summed E-state index contributed by atoms with van der Waals surface area (Å²) in [6.07, 6.45) is 6.99. The Bertz CT molecular complexity index is 628. The third kappa shape index (κ3) is 2.11. The molecule has 1 fully saturated rings. The monoisotopic (exact) mass is 288 g/mol. The standard InChI is InChI=1S/C15H16N2O4/c18-17(19)13-6-15-14(20-8-21-15)5-12(13)16-7-11-4-9-1-2-10(11)3-9/h1-2,5-6,9-11,16H,3-4,7-8H2. The molecule has 0 saturated heterocycles. The van der Waals surface area contributed by atoms with Gasteiger partial charge in [0.1, 0.15) is 5.69 Å². The zero-order valence-corrected chi connectivity index (χ0v) is 11.5. The first kappa shape index (κ1) is 12.5. The van der Waals surface area contributed by atoms with Crippen LogP contribution in [0.2, 0.25) is 0 Å². The Morgan fingerprint density at radius 3 is 2.71 bits per heavy atom. The van der Waals surface area contributed by atoms with Crippen LogP contribution in [0.4, 0.5) is 11.4 Å². The second-order valence-electron chi connectivity index (χ2n) is 5.90. The molecule has 0 radical (unpaired) electrons. The number of hydrogen-bond acceptors (Lipinski definition) is 5. The Morgan fingerprint density at radius 1 is 1.24 bits per heavy atom. The van der Waals surface area contributed by atoms with Gasteiger partial charge >= 0.3 is 0 Å². The summed E-state index contributed by atoms with van der Waals surface area (Å²) in [6.45, 7) is 0.874. The number of nitrogens with zero attached hydrogens (tertiary/aromatic N) is 1. The first-order valence-electron chi connectivity index (χ1n) is 7.21. The van der Waals surface area contributed by atoms with Crippen LogP contribution in [-0.4, -0.2) is 18.3 Å². The van der Waals surface area contributed by atoms with Crippen LogP contribution in [0.1, 0.15) is 12.8 Å². The number of hydrogen-bond donors (Lipinski definition) is 1. The fraction of sp³-hybridized carbons (Fsp3) is 0.467. The number of nitro groups is 1. The normalized spacial score (nSPS) is 28.1. The van der Waals surface area contributed by atoms with Crippen LogP contribution >= 0.6 is 0 Å². The van der Waals surface area contributed by atoms with Crippen molar-refractivity contribution < 1.29 is 14.4 Å². The predicted octanol–water partition coefficient (Wildman–Crippen LogP) is 2.95. The third-order valence-corrected chi connectivity index (χ3v) is 4.66. The van der Waals surface area contributed by atoms with Gasteiger partial charge in [-0.25, -0.2) is 0 Å². The van der Waals surface area contributed by atoms with E-state index < -0.39 is 0 Å². The number of allylic oxidation sites excluding steroid dienone is 2. The lowest BCUT2D eigenvalue weighted by Gasteiger charge is -2.19. The molecule has 1 heterocycles. The van der Waals surface area contributed by atoms with Gasteiger partial charge in [0.2, 0.25) is 6.79 Å². The zero-order chi connectivity index (χ0) is 14.4. The minimum atomic E-state index is -0.384. The highest BCUT2D eigenvalue weighted by Crippen LogP contribution is 2.44. The molecule has 0 amide bonds. The summed E-state index contributed by atoms with van der Waals surface area (Å²) in [5, 5.41) is 14.4. The van der Waals surface area contributed by atoms with Crippen LogP contribution in [0, 0.1) is 27.9 Å². The number of fused-ring (bicyclic) bond motifs is 3. The van der Waals surface area contributed by atoms with Gasteiger partial charge in [0.15, 0.2) is 11.5 Å². The van der Waals surface area contributed by atoms with Gasteiger partial charge in [0, 0.05) is 12.6 Å². The fourth-order valence-corrected chi connectivity index (χ4v) is 3.59. The van der Waals surface area contributed by atoms with E-state index in [0.717, 1.165) is 6.54 Å². The first-order valence-corrected chi connectivity index (χ1v) is 7.21. The second-order valence-corrected chi connectivity index (χ2v) is 5.90. The molecule has 4 rings (SSSR count). The second kappa shape index (κ2) is 4.65. The summed E-state index contributed by atoms with van der Waals surface area (Å²) in [7, 11) is 0. The molecule has 2 aliphatic carbocycles. The average molecular weight is 288 g/mol. The van der Waals surface area contributed by atoms with E-state index in [1.807, 2.05) is 0 Å². The maximum atomic E-state index is 11.2. The van der Waals surface area contributed by atoms with Crippen molar-refractivity contribution in [3.05, 3.63) is 34.4 Å². The minimum Gasteiger partial charge on any atom is -0.454 e. The Balaban J connectivity index is 1.54. The average Bonchev–Trinajstić information content (AvgIpc) is 3.19. The van der Waals surface area contributed by atoms with Gasteiger partial charge in [-0.2, -0.15) is 0 Å². The molecular formula is C15H16N2O4. The number of ether oxygens (including phenoxy) is 2. The SMILES string of the molecule is O=[N+]([O-])c1cc2c(cc1NCC1CC3C=CC1C3)OCO2. The molecule has 1 aromatic carbocycles. The van der Waals surface area contributed by atoms with Crippen molar-refractivity contribution in [1.82, 2.24) is 0 Å². The van der Waals surface area contributed by atoms with E-state index in [1.165, 1.54) is 18.9 Å². The Kier molecular flexibility index (Phi) is 2.77. The van der Waals surface area contributed by atoms with Crippen LogP contribution in [-0.2, 0) is 0 Å². The van der Waals surface area contributed by atoms with E-state index in [1.54, 1.807) is 6.07 Å². The van der Waals surface area contributed by atoms with E-state index in [9.17, 15) is 10.1 Å². The first-order chi connectivity index (χ1) is 10.2. The van der Waals surface area contributed by atoms with Gasteiger partial charge in [-0.15, -0.1) is 0 Å². The quantitative estimate of drug-likeness (QED) is 0.524. The minimum absolute atomic E-state index is 0.0398. The lowest BCUT2D eigenvalue weighted by Crippen LogP contribution is -2.18. The van der Waals surface area contributed by atoms with Crippen molar-refractivity contribution in [2.45, 2.75) is 12.8 Å². The van der Waals surface area contributed by atoms with E-state index in [2.05, 4.69) is 17.5 Å².